The van der Waals surface area contributed by atoms with E-state index in [1.807, 2.05) is 13.8 Å². The molecule has 0 N–H and O–H groups in total. The van der Waals surface area contributed by atoms with Crippen molar-refractivity contribution in [2.24, 2.45) is 27.1 Å². The molecule has 2 fully saturated rings. The third kappa shape index (κ3) is 12.7. The lowest BCUT2D eigenvalue weighted by molar-refractivity contribution is -0.145. The van der Waals surface area contributed by atoms with E-state index in [9.17, 15) is 31.9 Å². The molecule has 2 aliphatic rings. The summed E-state index contributed by atoms with van der Waals surface area (Å²) in [5.74, 6) is -8.97. The van der Waals surface area contributed by atoms with E-state index in [0.29, 0.717) is 17.7 Å². The van der Waals surface area contributed by atoms with Crippen LogP contribution in [-0.4, -0.2) is 74.4 Å². The molecule has 0 aromatic heterocycles. The molecular weight excluding hydrogens is 628 g/mol. The van der Waals surface area contributed by atoms with E-state index in [1.54, 1.807) is 13.8 Å². The van der Waals surface area contributed by atoms with Gasteiger partial charge in [0.05, 0.1) is 19.6 Å². The summed E-state index contributed by atoms with van der Waals surface area (Å²) in [5.41, 5.74) is -0.659. The Balaban J connectivity index is 0.000000338. The van der Waals surface area contributed by atoms with Crippen molar-refractivity contribution in [3.63, 3.8) is 0 Å². The molecule has 3 rings (SSSR count). The quantitative estimate of drug-likeness (QED) is 0.0773. The van der Waals surface area contributed by atoms with Crippen molar-refractivity contribution in [3.8, 4) is 5.75 Å². The zero-order valence-corrected chi connectivity index (χ0v) is 30.8. The van der Waals surface area contributed by atoms with Crippen LogP contribution in [0.5, 0.6) is 5.75 Å². The van der Waals surface area contributed by atoms with Gasteiger partial charge in [-0.2, -0.15) is 8.78 Å². The largest absolute Gasteiger partial charge is 0.420 e. The SMILES string of the molecule is CC(C)(CC=O)COCC(C)(C)CC(=O)Oc1c(F)c(F)cc(F)c1F.CN1CCC2(CC1)CCN(C(=O)C(C)(C)CC(C)(C)C)CC2. The first-order valence-electron chi connectivity index (χ1n) is 16.9. The molecule has 274 valence electrons. The van der Waals surface area contributed by atoms with Crippen LogP contribution in [0.2, 0.25) is 0 Å². The third-order valence-corrected chi connectivity index (χ3v) is 9.24. The number of amides is 1. The van der Waals surface area contributed by atoms with Crippen molar-refractivity contribution < 1.29 is 41.4 Å². The lowest BCUT2D eigenvalue weighted by Crippen LogP contribution is -2.50. The molecule has 0 unspecified atom stereocenters. The average molecular weight is 687 g/mol. The molecule has 1 spiro atoms. The highest BCUT2D eigenvalue weighted by molar-refractivity contribution is 5.82. The van der Waals surface area contributed by atoms with Gasteiger partial charge in [0.15, 0.2) is 11.6 Å². The van der Waals surface area contributed by atoms with E-state index >= 15 is 0 Å². The number of ether oxygens (including phenoxy) is 2. The highest BCUT2D eigenvalue weighted by atomic mass is 19.2. The summed E-state index contributed by atoms with van der Waals surface area (Å²) in [6.45, 7) is 22.7. The van der Waals surface area contributed by atoms with Gasteiger partial charge in [0.2, 0.25) is 23.3 Å². The molecule has 0 bridgehead atoms. The number of carbonyl (C=O) groups is 3. The molecule has 2 aliphatic heterocycles. The van der Waals surface area contributed by atoms with Crippen LogP contribution < -0.4 is 4.74 Å². The molecule has 0 saturated carbocycles. The van der Waals surface area contributed by atoms with E-state index in [4.69, 9.17) is 4.74 Å². The van der Waals surface area contributed by atoms with Gasteiger partial charge in [0.1, 0.15) is 6.29 Å². The van der Waals surface area contributed by atoms with Gasteiger partial charge in [-0.25, -0.2) is 8.78 Å². The molecule has 1 aromatic carbocycles. The number of esters is 1. The highest BCUT2D eigenvalue weighted by Crippen LogP contribution is 2.43. The molecule has 0 radical (unpaired) electrons. The summed E-state index contributed by atoms with van der Waals surface area (Å²) >= 11 is 0. The van der Waals surface area contributed by atoms with Crippen molar-refractivity contribution in [1.29, 1.82) is 0 Å². The zero-order chi connectivity index (χ0) is 36.7. The fourth-order valence-corrected chi connectivity index (χ4v) is 6.73. The molecule has 2 heterocycles. The maximum absolute atomic E-state index is 13.5. The first-order valence-corrected chi connectivity index (χ1v) is 16.9. The number of rotatable bonds is 11. The Kier molecular flexibility index (Phi) is 14.3. The number of piperidine rings is 2. The van der Waals surface area contributed by atoms with Crippen molar-refractivity contribution >= 4 is 18.2 Å². The van der Waals surface area contributed by atoms with E-state index < -0.39 is 40.4 Å². The van der Waals surface area contributed by atoms with Crippen LogP contribution in [0.3, 0.4) is 0 Å². The summed E-state index contributed by atoms with van der Waals surface area (Å²) in [6.07, 6.45) is 6.78. The minimum atomic E-state index is -1.78. The number of nitrogens with zero attached hydrogens (tertiary/aromatic N) is 2. The molecule has 1 aromatic rings. The van der Waals surface area contributed by atoms with Gasteiger partial charge in [-0.05, 0) is 73.9 Å². The van der Waals surface area contributed by atoms with Gasteiger partial charge in [0.25, 0.3) is 0 Å². The van der Waals surface area contributed by atoms with Crippen LogP contribution in [0, 0.1) is 50.3 Å². The normalized spacial score (nSPS) is 17.5. The van der Waals surface area contributed by atoms with Crippen LogP contribution in [0.25, 0.3) is 0 Å². The number of carbonyl (C=O) groups excluding carboxylic acids is 3. The van der Waals surface area contributed by atoms with Crippen molar-refractivity contribution in [2.45, 2.75) is 107 Å². The summed E-state index contributed by atoms with van der Waals surface area (Å²) in [7, 11) is 2.22. The minimum Gasteiger partial charge on any atom is -0.420 e. The van der Waals surface area contributed by atoms with Gasteiger partial charge >= 0.3 is 5.97 Å². The monoisotopic (exact) mass is 686 g/mol. The predicted octanol–water partition coefficient (Wildman–Crippen LogP) is 7.98. The molecule has 0 atom stereocenters. The van der Waals surface area contributed by atoms with Crippen LogP contribution in [0.15, 0.2) is 6.07 Å². The number of benzene rings is 1. The highest BCUT2D eigenvalue weighted by Gasteiger charge is 2.41. The second kappa shape index (κ2) is 16.5. The first kappa shape index (κ1) is 41.6. The minimum absolute atomic E-state index is 0.0286. The second-order valence-electron chi connectivity index (χ2n) is 17.4. The Morgan fingerprint density at radius 3 is 1.77 bits per heavy atom. The number of likely N-dealkylation sites (tertiary alicyclic amines) is 2. The zero-order valence-electron chi connectivity index (χ0n) is 30.8. The van der Waals surface area contributed by atoms with E-state index in [2.05, 4.69) is 56.2 Å². The molecule has 2 saturated heterocycles. The van der Waals surface area contributed by atoms with Gasteiger partial charge in [-0.15, -0.1) is 0 Å². The average Bonchev–Trinajstić information content (AvgIpc) is 2.94. The van der Waals surface area contributed by atoms with E-state index in [0.717, 1.165) is 25.8 Å². The number of aldehydes is 1. The second-order valence-corrected chi connectivity index (χ2v) is 17.4. The summed E-state index contributed by atoms with van der Waals surface area (Å²) < 4.78 is 63.3. The topological polar surface area (TPSA) is 76.2 Å². The molecular formula is C37H58F4N2O5. The first-order chi connectivity index (χ1) is 21.9. The summed E-state index contributed by atoms with van der Waals surface area (Å²) in [4.78, 5) is 40.0. The summed E-state index contributed by atoms with van der Waals surface area (Å²) in [6, 6.07) is 0.0286. The number of halogens is 4. The maximum atomic E-state index is 13.5. The molecule has 7 nitrogen and oxygen atoms in total. The lowest BCUT2D eigenvalue weighted by atomic mass is 9.70. The molecule has 1 amide bonds. The standard InChI is InChI=1S/C19H36N2O.C18H22F4O4/c1-17(2,3)15-18(4,5)16(22)21-13-9-19(10-14-21)7-11-20(6)12-8-19;1-17(2,5-6-23)9-25-10-18(3,4)8-13(24)26-16-14(21)11(19)7-12(20)15(16)22/h7-15H2,1-6H3;6-7H,5,8-10H2,1-4H3. The Morgan fingerprint density at radius 2 is 1.29 bits per heavy atom. The van der Waals surface area contributed by atoms with E-state index in [1.165, 1.54) is 38.8 Å². The summed E-state index contributed by atoms with van der Waals surface area (Å²) in [5, 5.41) is 0. The Bertz CT molecular complexity index is 1230. The van der Waals surface area contributed by atoms with Crippen molar-refractivity contribution in [2.75, 3.05) is 46.4 Å². The lowest BCUT2D eigenvalue weighted by Gasteiger charge is -2.47. The molecule has 11 heteroatoms. The third-order valence-electron chi connectivity index (χ3n) is 9.24. The van der Waals surface area contributed by atoms with Gasteiger partial charge in [0, 0.05) is 31.0 Å². The smallest absolute Gasteiger partial charge is 0.312 e. The fraction of sp³-hybridized carbons (Fsp3) is 0.757. The van der Waals surface area contributed by atoms with Crippen LogP contribution >= 0.6 is 0 Å². The fourth-order valence-electron chi connectivity index (χ4n) is 6.73. The molecule has 0 aliphatic carbocycles. The molecule has 48 heavy (non-hydrogen) atoms. The predicted molar refractivity (Wildman–Crippen MR) is 178 cm³/mol. The van der Waals surface area contributed by atoms with Crippen molar-refractivity contribution in [1.82, 2.24) is 9.80 Å². The Hall–Kier alpha value is -2.53. The van der Waals surface area contributed by atoms with Crippen molar-refractivity contribution in [3.05, 3.63) is 29.3 Å². The Morgan fingerprint density at radius 1 is 0.812 bits per heavy atom. The van der Waals surface area contributed by atoms with Crippen LogP contribution in [-0.2, 0) is 19.1 Å². The Labute approximate surface area is 285 Å². The van der Waals surface area contributed by atoms with Crippen LogP contribution in [0.4, 0.5) is 17.6 Å². The van der Waals surface area contributed by atoms with Gasteiger partial charge in [-0.1, -0.05) is 62.3 Å². The number of hydrogen-bond acceptors (Lipinski definition) is 6. The van der Waals surface area contributed by atoms with Gasteiger partial charge < -0.3 is 24.1 Å². The van der Waals surface area contributed by atoms with Crippen LogP contribution in [0.1, 0.15) is 107 Å². The maximum Gasteiger partial charge on any atom is 0.312 e. The number of hydrogen-bond donors (Lipinski definition) is 0. The van der Waals surface area contributed by atoms with Gasteiger partial charge in [-0.3, -0.25) is 9.59 Å². The van der Waals surface area contributed by atoms with E-state index in [-0.39, 0.29) is 41.9 Å².